The van der Waals surface area contributed by atoms with Gasteiger partial charge in [0.05, 0.1) is 19.3 Å². The number of esters is 1. The van der Waals surface area contributed by atoms with Crippen LogP contribution in [0.3, 0.4) is 0 Å². The van der Waals surface area contributed by atoms with E-state index in [1.54, 1.807) is 26.8 Å². The number of fused-ring (bicyclic) bond motifs is 4. The Bertz CT molecular complexity index is 848. The second-order valence-electron chi connectivity index (χ2n) is 8.45. The van der Waals surface area contributed by atoms with Crippen molar-refractivity contribution in [3.8, 4) is 11.5 Å². The van der Waals surface area contributed by atoms with Crippen LogP contribution in [-0.4, -0.2) is 59.6 Å². The van der Waals surface area contributed by atoms with Crippen LogP contribution < -0.4 is 4.74 Å². The molecule has 0 bridgehead atoms. The molecule has 2 saturated heterocycles. The maximum absolute atomic E-state index is 12.8. The van der Waals surface area contributed by atoms with Gasteiger partial charge in [-0.25, -0.2) is 4.79 Å². The Morgan fingerprint density at radius 1 is 1.23 bits per heavy atom. The van der Waals surface area contributed by atoms with E-state index in [9.17, 15) is 15.0 Å². The number of hydrogen-bond acceptors (Lipinski definition) is 8. The van der Waals surface area contributed by atoms with Gasteiger partial charge >= 0.3 is 5.97 Å². The summed E-state index contributed by atoms with van der Waals surface area (Å²) in [5.74, 6) is -1.27. The van der Waals surface area contributed by atoms with Gasteiger partial charge in [-0.15, -0.1) is 0 Å². The summed E-state index contributed by atoms with van der Waals surface area (Å²) in [6.45, 7) is 5.38. The summed E-state index contributed by atoms with van der Waals surface area (Å²) in [6, 6.07) is 3.03. The first-order valence-electron chi connectivity index (χ1n) is 10.2. The lowest BCUT2D eigenvalue weighted by molar-refractivity contribution is -0.154. The molecule has 0 amide bonds. The summed E-state index contributed by atoms with van der Waals surface area (Å²) in [5, 5.41) is 21.3. The van der Waals surface area contributed by atoms with Crippen molar-refractivity contribution in [2.75, 3.05) is 7.11 Å². The molecule has 0 saturated carbocycles. The molecule has 0 unspecified atom stereocenters. The van der Waals surface area contributed by atoms with Gasteiger partial charge < -0.3 is 33.9 Å². The lowest BCUT2D eigenvalue weighted by Crippen LogP contribution is -2.35. The summed E-state index contributed by atoms with van der Waals surface area (Å²) in [7, 11) is 1.48. The first-order chi connectivity index (χ1) is 14.2. The number of aliphatic hydroxyl groups is 1. The van der Waals surface area contributed by atoms with E-state index in [0.29, 0.717) is 24.2 Å². The number of benzene rings is 1. The third-order valence-electron chi connectivity index (χ3n) is 5.57. The highest BCUT2D eigenvalue weighted by Gasteiger charge is 2.49. The largest absolute Gasteiger partial charge is 0.507 e. The van der Waals surface area contributed by atoms with E-state index in [1.807, 2.05) is 12.2 Å². The first-order valence-corrected chi connectivity index (χ1v) is 10.2. The van der Waals surface area contributed by atoms with Crippen molar-refractivity contribution >= 4 is 5.97 Å². The molecule has 3 aliphatic rings. The quantitative estimate of drug-likeness (QED) is 0.406. The zero-order chi connectivity index (χ0) is 21.6. The number of phenolic OH excluding ortho intramolecular Hbond substituents is 1. The molecular weight excluding hydrogens is 392 g/mol. The van der Waals surface area contributed by atoms with Gasteiger partial charge in [0.15, 0.2) is 5.79 Å². The van der Waals surface area contributed by atoms with E-state index in [-0.39, 0.29) is 17.4 Å². The number of phenols is 1. The highest BCUT2D eigenvalue weighted by molar-refractivity contribution is 5.95. The highest BCUT2D eigenvalue weighted by Crippen LogP contribution is 2.47. The second-order valence-corrected chi connectivity index (χ2v) is 8.45. The number of aliphatic hydroxyl groups excluding tert-OH is 1. The van der Waals surface area contributed by atoms with Crippen molar-refractivity contribution in [2.45, 2.75) is 76.0 Å². The molecule has 0 spiro atoms. The van der Waals surface area contributed by atoms with Crippen LogP contribution in [0.15, 0.2) is 24.3 Å². The fourth-order valence-electron chi connectivity index (χ4n) is 4.11. The molecule has 4 rings (SSSR count). The topological polar surface area (TPSA) is 107 Å². The molecule has 0 radical (unpaired) electrons. The van der Waals surface area contributed by atoms with Crippen LogP contribution in [0.25, 0.3) is 0 Å². The van der Waals surface area contributed by atoms with Crippen molar-refractivity contribution in [3.63, 3.8) is 0 Å². The lowest BCUT2D eigenvalue weighted by atomic mass is 9.96. The summed E-state index contributed by atoms with van der Waals surface area (Å²) in [5.41, 5.74) is 0.541. The first kappa shape index (κ1) is 21.1. The predicted octanol–water partition coefficient (Wildman–Crippen LogP) is 2.62. The molecule has 0 aliphatic carbocycles. The number of methoxy groups -OCH3 is 1. The summed E-state index contributed by atoms with van der Waals surface area (Å²) >= 11 is 0. The van der Waals surface area contributed by atoms with Gasteiger partial charge in [0.2, 0.25) is 0 Å². The number of carbonyl (C=O) groups excluding carboxylic acids is 1. The minimum absolute atomic E-state index is 0.0603. The average molecular weight is 420 g/mol. The highest BCUT2D eigenvalue weighted by atomic mass is 16.8. The van der Waals surface area contributed by atoms with Gasteiger partial charge in [-0.1, -0.05) is 12.2 Å². The molecule has 1 aromatic rings. The zero-order valence-electron chi connectivity index (χ0n) is 17.5. The molecule has 8 nitrogen and oxygen atoms in total. The van der Waals surface area contributed by atoms with Crippen molar-refractivity contribution in [1.82, 2.24) is 0 Å². The number of ether oxygens (including phenoxy) is 5. The van der Waals surface area contributed by atoms with Crippen LogP contribution in [0.1, 0.15) is 55.6 Å². The third kappa shape index (κ3) is 4.18. The number of carbonyl (C=O) groups is 1. The van der Waals surface area contributed by atoms with Crippen molar-refractivity contribution in [1.29, 1.82) is 0 Å². The van der Waals surface area contributed by atoms with Crippen molar-refractivity contribution < 1.29 is 38.7 Å². The molecule has 30 heavy (non-hydrogen) atoms. The molecule has 2 fully saturated rings. The second kappa shape index (κ2) is 7.85. The van der Waals surface area contributed by atoms with Crippen LogP contribution in [0.4, 0.5) is 0 Å². The number of hydrogen-bond donors (Lipinski definition) is 2. The average Bonchev–Trinajstić information content (AvgIpc) is 3.35. The minimum Gasteiger partial charge on any atom is -0.507 e. The Kier molecular flexibility index (Phi) is 5.52. The number of epoxide rings is 1. The van der Waals surface area contributed by atoms with Gasteiger partial charge in [-0.3, -0.25) is 0 Å². The Hall–Kier alpha value is -2.13. The lowest BCUT2D eigenvalue weighted by Gasteiger charge is -2.21. The molecule has 2 N–H and O–H groups in total. The van der Waals surface area contributed by atoms with Crippen molar-refractivity contribution in [3.05, 3.63) is 35.4 Å². The van der Waals surface area contributed by atoms with Crippen LogP contribution in [0.5, 0.6) is 11.5 Å². The Morgan fingerprint density at radius 2 is 2.00 bits per heavy atom. The van der Waals surface area contributed by atoms with E-state index in [1.165, 1.54) is 13.2 Å². The molecule has 6 atom stereocenters. The van der Waals surface area contributed by atoms with Gasteiger partial charge in [0.1, 0.15) is 41.5 Å². The number of aromatic hydroxyl groups is 1. The van der Waals surface area contributed by atoms with Crippen LogP contribution in [-0.2, 0) is 18.9 Å². The van der Waals surface area contributed by atoms with Crippen LogP contribution in [0, 0.1) is 0 Å². The van der Waals surface area contributed by atoms with Gasteiger partial charge in [0.25, 0.3) is 0 Å². The summed E-state index contributed by atoms with van der Waals surface area (Å²) in [4.78, 5) is 12.8. The van der Waals surface area contributed by atoms with E-state index in [2.05, 4.69) is 0 Å². The van der Waals surface area contributed by atoms with Crippen LogP contribution >= 0.6 is 0 Å². The maximum Gasteiger partial charge on any atom is 0.342 e. The fourth-order valence-corrected chi connectivity index (χ4v) is 4.11. The molecule has 1 aromatic carbocycles. The predicted molar refractivity (Wildman–Crippen MR) is 105 cm³/mol. The van der Waals surface area contributed by atoms with Gasteiger partial charge in [-0.2, -0.15) is 0 Å². The third-order valence-corrected chi connectivity index (χ3v) is 5.57. The van der Waals surface area contributed by atoms with Crippen molar-refractivity contribution in [2.24, 2.45) is 0 Å². The summed E-state index contributed by atoms with van der Waals surface area (Å²) in [6.07, 6.45) is 1.40. The Labute approximate surface area is 175 Å². The SMILES string of the molecule is COc1cc(O)c2c(c1)[C@H]1O[C@@H]1C[C@H](O)[C@@H]1OC(C)(C)O[C@H]1/C=C/C[C@H](C)OC2=O. The van der Waals surface area contributed by atoms with E-state index < -0.39 is 42.3 Å². The normalized spacial score (nSPS) is 36.5. The van der Waals surface area contributed by atoms with Crippen LogP contribution in [0.2, 0.25) is 0 Å². The minimum atomic E-state index is -0.827. The molecule has 3 heterocycles. The van der Waals surface area contributed by atoms with E-state index >= 15 is 0 Å². The Balaban J connectivity index is 1.68. The zero-order valence-corrected chi connectivity index (χ0v) is 17.5. The maximum atomic E-state index is 12.8. The molecule has 8 heteroatoms. The standard InChI is InChI=1S/C22H28O8/c1-11-6-5-7-16-20(30-22(2,3)29-16)15(24)10-17-19(28-17)13-8-12(26-4)9-14(23)18(13)21(25)27-11/h5,7-9,11,15-17,19-20,23-24H,6,10H2,1-4H3/b7-5+/t11-,15-,16-,17+,19+,20-/m0/s1. The van der Waals surface area contributed by atoms with E-state index in [4.69, 9.17) is 23.7 Å². The Morgan fingerprint density at radius 3 is 2.73 bits per heavy atom. The molecular formula is C22H28O8. The molecule has 0 aromatic heterocycles. The monoisotopic (exact) mass is 420 g/mol. The molecule has 164 valence electrons. The number of rotatable bonds is 1. The number of cyclic esters (lactones) is 1. The molecule has 3 aliphatic heterocycles. The fraction of sp³-hybridized carbons (Fsp3) is 0.591. The smallest absolute Gasteiger partial charge is 0.342 e. The summed E-state index contributed by atoms with van der Waals surface area (Å²) < 4.78 is 28.4. The van der Waals surface area contributed by atoms with Gasteiger partial charge in [0, 0.05) is 24.5 Å². The van der Waals surface area contributed by atoms with E-state index in [0.717, 1.165) is 0 Å². The van der Waals surface area contributed by atoms with Gasteiger partial charge in [-0.05, 0) is 26.8 Å².